The molecule has 0 atom stereocenters. The fourth-order valence-electron chi connectivity index (χ4n) is 2.91. The third-order valence-electron chi connectivity index (χ3n) is 3.97. The summed E-state index contributed by atoms with van der Waals surface area (Å²) in [6.07, 6.45) is 0.698. The highest BCUT2D eigenvalue weighted by Crippen LogP contribution is 2.31. The van der Waals surface area contributed by atoms with E-state index in [9.17, 15) is 4.39 Å². The molecule has 0 aromatic heterocycles. The molecule has 0 saturated heterocycles. The lowest BCUT2D eigenvalue weighted by molar-refractivity contribution is 0.626. The van der Waals surface area contributed by atoms with Crippen molar-refractivity contribution >= 4 is 11.4 Å². The van der Waals surface area contributed by atoms with E-state index in [4.69, 9.17) is 4.99 Å². The quantitative estimate of drug-likeness (QED) is 0.472. The van der Waals surface area contributed by atoms with Crippen LogP contribution >= 0.6 is 0 Å². The van der Waals surface area contributed by atoms with Gasteiger partial charge in [0.2, 0.25) is 0 Å². The van der Waals surface area contributed by atoms with Crippen LogP contribution in [0.15, 0.2) is 77.8 Å². The van der Waals surface area contributed by atoms with Gasteiger partial charge < -0.3 is 0 Å². The second-order valence-corrected chi connectivity index (χ2v) is 5.43. The van der Waals surface area contributed by atoms with Gasteiger partial charge in [0.05, 0.1) is 11.4 Å². The van der Waals surface area contributed by atoms with Gasteiger partial charge >= 0.3 is 0 Å². The van der Waals surface area contributed by atoms with Gasteiger partial charge in [0, 0.05) is 17.5 Å². The van der Waals surface area contributed by atoms with Crippen LogP contribution in [0.4, 0.5) is 10.1 Å². The highest BCUT2D eigenvalue weighted by molar-refractivity contribution is 6.15. The SMILES string of the molecule is Fc1ccc2c(c1)Cc1ccccc1C(c1ccccc1)=N2. The van der Waals surface area contributed by atoms with Crippen LogP contribution < -0.4 is 0 Å². The molecule has 0 bridgehead atoms. The minimum atomic E-state index is -0.213. The van der Waals surface area contributed by atoms with E-state index in [1.54, 1.807) is 12.1 Å². The van der Waals surface area contributed by atoms with Gasteiger partial charge in [-0.1, -0.05) is 54.6 Å². The second kappa shape index (κ2) is 5.23. The number of hydrogen-bond donors (Lipinski definition) is 0. The van der Waals surface area contributed by atoms with Gasteiger partial charge in [-0.15, -0.1) is 0 Å². The van der Waals surface area contributed by atoms with E-state index < -0.39 is 0 Å². The van der Waals surface area contributed by atoms with Gasteiger partial charge in [0.15, 0.2) is 0 Å². The monoisotopic (exact) mass is 287 g/mol. The predicted molar refractivity (Wildman–Crippen MR) is 87.4 cm³/mol. The first-order valence-corrected chi connectivity index (χ1v) is 7.32. The summed E-state index contributed by atoms with van der Waals surface area (Å²) in [7, 11) is 0. The molecule has 0 radical (unpaired) electrons. The van der Waals surface area contributed by atoms with Crippen molar-refractivity contribution in [3.05, 3.63) is 101 Å². The Labute approximate surface area is 128 Å². The Morgan fingerprint density at radius 3 is 2.41 bits per heavy atom. The van der Waals surface area contributed by atoms with E-state index in [2.05, 4.69) is 24.3 Å². The molecule has 0 N–H and O–H groups in total. The number of nitrogens with zero attached hydrogens (tertiary/aromatic N) is 1. The van der Waals surface area contributed by atoms with Crippen LogP contribution in [-0.4, -0.2) is 5.71 Å². The molecule has 1 aliphatic heterocycles. The van der Waals surface area contributed by atoms with E-state index in [0.717, 1.165) is 28.1 Å². The van der Waals surface area contributed by atoms with Crippen molar-refractivity contribution in [1.82, 2.24) is 0 Å². The fraction of sp³-hybridized carbons (Fsp3) is 0.0500. The molecule has 3 aromatic rings. The topological polar surface area (TPSA) is 12.4 Å². The molecule has 0 spiro atoms. The van der Waals surface area contributed by atoms with Gasteiger partial charge in [-0.2, -0.15) is 0 Å². The molecule has 0 aliphatic carbocycles. The summed E-state index contributed by atoms with van der Waals surface area (Å²) in [5.41, 5.74) is 6.09. The molecule has 22 heavy (non-hydrogen) atoms. The second-order valence-electron chi connectivity index (χ2n) is 5.43. The summed E-state index contributed by atoms with van der Waals surface area (Å²) in [6.45, 7) is 0. The van der Waals surface area contributed by atoms with Crippen molar-refractivity contribution in [2.45, 2.75) is 6.42 Å². The van der Waals surface area contributed by atoms with Crippen LogP contribution in [0.25, 0.3) is 0 Å². The van der Waals surface area contributed by atoms with E-state index >= 15 is 0 Å². The largest absolute Gasteiger partial charge is 0.247 e. The molecule has 106 valence electrons. The van der Waals surface area contributed by atoms with Crippen molar-refractivity contribution in [1.29, 1.82) is 0 Å². The first kappa shape index (κ1) is 13.0. The Bertz CT molecular complexity index is 866. The summed E-state index contributed by atoms with van der Waals surface area (Å²) in [5.74, 6) is -0.213. The molecule has 4 rings (SSSR count). The van der Waals surface area contributed by atoms with E-state index in [-0.39, 0.29) is 5.82 Å². The molecule has 0 amide bonds. The lowest BCUT2D eigenvalue weighted by Crippen LogP contribution is -2.05. The van der Waals surface area contributed by atoms with Crippen molar-refractivity contribution in [3.8, 4) is 0 Å². The Balaban J connectivity index is 2.00. The van der Waals surface area contributed by atoms with Crippen molar-refractivity contribution in [2.75, 3.05) is 0 Å². The molecule has 0 saturated carbocycles. The average Bonchev–Trinajstić information content (AvgIpc) is 2.72. The zero-order valence-corrected chi connectivity index (χ0v) is 12.0. The third kappa shape index (κ3) is 2.23. The first-order valence-electron chi connectivity index (χ1n) is 7.32. The summed E-state index contributed by atoms with van der Waals surface area (Å²) in [5, 5.41) is 0. The van der Waals surface area contributed by atoms with Crippen molar-refractivity contribution in [3.63, 3.8) is 0 Å². The van der Waals surface area contributed by atoms with Gasteiger partial charge in [0.1, 0.15) is 5.82 Å². The molecule has 1 heterocycles. The van der Waals surface area contributed by atoms with Gasteiger partial charge in [-0.3, -0.25) is 0 Å². The molecular weight excluding hydrogens is 273 g/mol. The minimum Gasteiger partial charge on any atom is -0.247 e. The van der Waals surface area contributed by atoms with Crippen LogP contribution in [0.1, 0.15) is 22.3 Å². The standard InChI is InChI=1S/C20H14FN/c21-17-10-11-19-16(13-17)12-15-8-4-5-9-18(15)20(22-19)14-6-2-1-3-7-14/h1-11,13H,12H2. The highest BCUT2D eigenvalue weighted by atomic mass is 19.1. The lowest BCUT2D eigenvalue weighted by Gasteiger charge is -2.09. The molecule has 1 nitrogen and oxygen atoms in total. The fourth-order valence-corrected chi connectivity index (χ4v) is 2.91. The smallest absolute Gasteiger partial charge is 0.123 e. The van der Waals surface area contributed by atoms with E-state index in [1.807, 2.05) is 30.3 Å². The number of fused-ring (bicyclic) bond motifs is 2. The first-order chi connectivity index (χ1) is 10.8. The maximum atomic E-state index is 13.6. The Kier molecular flexibility index (Phi) is 3.08. The zero-order chi connectivity index (χ0) is 14.9. The van der Waals surface area contributed by atoms with Crippen LogP contribution in [0.3, 0.4) is 0 Å². The third-order valence-corrected chi connectivity index (χ3v) is 3.97. The number of halogens is 1. The average molecular weight is 287 g/mol. The van der Waals surface area contributed by atoms with E-state index in [1.165, 1.54) is 11.6 Å². The maximum absolute atomic E-state index is 13.6. The zero-order valence-electron chi connectivity index (χ0n) is 12.0. The Hall–Kier alpha value is -2.74. The Morgan fingerprint density at radius 1 is 0.773 bits per heavy atom. The molecule has 1 aliphatic rings. The molecule has 2 heteroatoms. The molecule has 0 fully saturated rings. The minimum absolute atomic E-state index is 0.213. The number of hydrogen-bond acceptors (Lipinski definition) is 1. The normalized spacial score (nSPS) is 12.9. The van der Waals surface area contributed by atoms with Crippen molar-refractivity contribution in [2.24, 2.45) is 4.99 Å². The van der Waals surface area contributed by atoms with Crippen LogP contribution in [0, 0.1) is 5.82 Å². The predicted octanol–water partition coefficient (Wildman–Crippen LogP) is 4.90. The molecular formula is C20H14FN. The van der Waals surface area contributed by atoms with E-state index in [0.29, 0.717) is 6.42 Å². The number of rotatable bonds is 1. The number of benzene rings is 3. The molecule has 3 aromatic carbocycles. The van der Waals surface area contributed by atoms with Gasteiger partial charge in [-0.05, 0) is 29.3 Å². The highest BCUT2D eigenvalue weighted by Gasteiger charge is 2.17. The van der Waals surface area contributed by atoms with Crippen LogP contribution in [0.5, 0.6) is 0 Å². The van der Waals surface area contributed by atoms with Crippen molar-refractivity contribution < 1.29 is 4.39 Å². The Morgan fingerprint density at radius 2 is 1.55 bits per heavy atom. The van der Waals surface area contributed by atoms with Gasteiger partial charge in [-0.25, -0.2) is 9.38 Å². The maximum Gasteiger partial charge on any atom is 0.123 e. The number of aliphatic imine (C=N–C) groups is 1. The molecule has 0 unspecified atom stereocenters. The summed E-state index contributed by atoms with van der Waals surface area (Å²) < 4.78 is 13.6. The van der Waals surface area contributed by atoms with Crippen LogP contribution in [0.2, 0.25) is 0 Å². The summed E-state index contributed by atoms with van der Waals surface area (Å²) in [4.78, 5) is 4.84. The summed E-state index contributed by atoms with van der Waals surface area (Å²) in [6, 6.07) is 23.2. The lowest BCUT2D eigenvalue weighted by atomic mass is 9.95. The van der Waals surface area contributed by atoms with Crippen LogP contribution in [-0.2, 0) is 6.42 Å². The summed E-state index contributed by atoms with van der Waals surface area (Å²) >= 11 is 0. The van der Waals surface area contributed by atoms with Gasteiger partial charge in [0.25, 0.3) is 0 Å².